The van der Waals surface area contributed by atoms with Crippen LogP contribution in [0.4, 0.5) is 5.13 Å². The Kier molecular flexibility index (Phi) is 7.23. The van der Waals surface area contributed by atoms with Gasteiger partial charge in [0.15, 0.2) is 5.13 Å². The van der Waals surface area contributed by atoms with Gasteiger partial charge in [0.25, 0.3) is 0 Å². The Morgan fingerprint density at radius 1 is 1.17 bits per heavy atom. The Morgan fingerprint density at radius 2 is 1.97 bits per heavy atom. The molecule has 8 heteroatoms. The second kappa shape index (κ2) is 10.1. The lowest BCUT2D eigenvalue weighted by molar-refractivity contribution is -0.118. The first-order chi connectivity index (χ1) is 14.6. The molecule has 1 amide bonds. The molecule has 4 rings (SSSR count). The van der Waals surface area contributed by atoms with Crippen LogP contribution in [-0.4, -0.2) is 55.2 Å². The summed E-state index contributed by atoms with van der Waals surface area (Å²) < 4.78 is 6.39. The first-order valence-corrected chi connectivity index (χ1v) is 11.6. The van der Waals surface area contributed by atoms with Crippen molar-refractivity contribution in [3.05, 3.63) is 58.1 Å². The van der Waals surface area contributed by atoms with Gasteiger partial charge in [0.1, 0.15) is 0 Å². The van der Waals surface area contributed by atoms with Crippen LogP contribution in [0.1, 0.15) is 12.0 Å². The van der Waals surface area contributed by atoms with Gasteiger partial charge >= 0.3 is 0 Å². The molecule has 5 nitrogen and oxygen atoms in total. The minimum absolute atomic E-state index is 0.00442. The van der Waals surface area contributed by atoms with E-state index in [0.717, 1.165) is 55.0 Å². The number of ether oxygens (including phenoxy) is 1. The molecule has 0 saturated carbocycles. The molecule has 0 radical (unpaired) electrons. The molecule has 158 valence electrons. The SMILES string of the molecule is O=C(Cc1ccccc1Cl)N(CCCN1CCOCC1)c1nc2ccc(Cl)cc2s1. The van der Waals surface area contributed by atoms with Crippen LogP contribution in [0.25, 0.3) is 10.2 Å². The molecule has 1 aliphatic heterocycles. The normalized spacial score (nSPS) is 14.9. The van der Waals surface area contributed by atoms with E-state index in [0.29, 0.717) is 21.7 Å². The van der Waals surface area contributed by atoms with E-state index < -0.39 is 0 Å². The van der Waals surface area contributed by atoms with Gasteiger partial charge in [0.05, 0.1) is 29.9 Å². The highest BCUT2D eigenvalue weighted by Gasteiger charge is 2.21. The van der Waals surface area contributed by atoms with Crippen LogP contribution >= 0.6 is 34.5 Å². The van der Waals surface area contributed by atoms with Crippen molar-refractivity contribution in [3.63, 3.8) is 0 Å². The van der Waals surface area contributed by atoms with Crippen LogP contribution < -0.4 is 4.90 Å². The number of amides is 1. The van der Waals surface area contributed by atoms with Crippen LogP contribution in [0.3, 0.4) is 0 Å². The first kappa shape index (κ1) is 21.5. The number of thiazole rings is 1. The van der Waals surface area contributed by atoms with Crippen molar-refractivity contribution in [1.29, 1.82) is 0 Å². The fourth-order valence-electron chi connectivity index (χ4n) is 3.51. The van der Waals surface area contributed by atoms with Gasteiger partial charge in [-0.15, -0.1) is 0 Å². The van der Waals surface area contributed by atoms with Crippen molar-refractivity contribution >= 4 is 55.8 Å². The number of benzene rings is 2. The summed E-state index contributed by atoms with van der Waals surface area (Å²) in [5.41, 5.74) is 1.68. The summed E-state index contributed by atoms with van der Waals surface area (Å²) in [6, 6.07) is 13.1. The molecule has 1 saturated heterocycles. The van der Waals surface area contributed by atoms with Gasteiger partial charge in [-0.25, -0.2) is 4.98 Å². The Balaban J connectivity index is 1.53. The van der Waals surface area contributed by atoms with E-state index in [4.69, 9.17) is 32.9 Å². The van der Waals surface area contributed by atoms with Crippen molar-refractivity contribution in [3.8, 4) is 0 Å². The maximum absolute atomic E-state index is 13.3. The van der Waals surface area contributed by atoms with E-state index in [2.05, 4.69) is 4.90 Å². The summed E-state index contributed by atoms with van der Waals surface area (Å²) in [6.07, 6.45) is 1.11. The Morgan fingerprint density at radius 3 is 2.77 bits per heavy atom. The molecule has 2 aromatic carbocycles. The number of fused-ring (bicyclic) bond motifs is 1. The van der Waals surface area contributed by atoms with Crippen LogP contribution in [0, 0.1) is 0 Å². The van der Waals surface area contributed by atoms with Crippen molar-refractivity contribution in [2.75, 3.05) is 44.3 Å². The Hall–Kier alpha value is -1.70. The predicted octanol–water partition coefficient (Wildman–Crippen LogP) is 4.90. The maximum atomic E-state index is 13.3. The largest absolute Gasteiger partial charge is 0.379 e. The van der Waals surface area contributed by atoms with Crippen LogP contribution in [0.5, 0.6) is 0 Å². The van der Waals surface area contributed by atoms with Gasteiger partial charge in [0, 0.05) is 36.2 Å². The third kappa shape index (κ3) is 5.31. The lowest BCUT2D eigenvalue weighted by Gasteiger charge is -2.27. The van der Waals surface area contributed by atoms with Gasteiger partial charge in [-0.1, -0.05) is 52.7 Å². The van der Waals surface area contributed by atoms with E-state index in [1.165, 1.54) is 11.3 Å². The number of anilines is 1. The zero-order valence-electron chi connectivity index (χ0n) is 16.5. The van der Waals surface area contributed by atoms with E-state index in [9.17, 15) is 4.79 Å². The monoisotopic (exact) mass is 463 g/mol. The van der Waals surface area contributed by atoms with E-state index in [-0.39, 0.29) is 12.3 Å². The highest BCUT2D eigenvalue weighted by atomic mass is 35.5. The molecule has 30 heavy (non-hydrogen) atoms. The van der Waals surface area contributed by atoms with Gasteiger partial charge in [0.2, 0.25) is 5.91 Å². The van der Waals surface area contributed by atoms with Crippen LogP contribution in [-0.2, 0) is 16.0 Å². The average molecular weight is 464 g/mol. The molecule has 0 N–H and O–H groups in total. The number of nitrogens with zero attached hydrogens (tertiary/aromatic N) is 3. The third-order valence-electron chi connectivity index (χ3n) is 5.13. The highest BCUT2D eigenvalue weighted by molar-refractivity contribution is 7.22. The molecule has 0 atom stereocenters. The lowest BCUT2D eigenvalue weighted by atomic mass is 10.1. The molecule has 3 aromatic rings. The summed E-state index contributed by atoms with van der Waals surface area (Å²) in [6.45, 7) is 4.95. The van der Waals surface area contributed by atoms with E-state index >= 15 is 0 Å². The number of aromatic nitrogens is 1. The zero-order valence-corrected chi connectivity index (χ0v) is 18.8. The summed E-state index contributed by atoms with van der Waals surface area (Å²) in [5.74, 6) is -0.00442. The first-order valence-electron chi connectivity index (χ1n) is 10.00. The minimum atomic E-state index is -0.00442. The summed E-state index contributed by atoms with van der Waals surface area (Å²) in [5, 5.41) is 1.97. The third-order valence-corrected chi connectivity index (χ3v) is 6.78. The molecule has 1 aliphatic rings. The Labute approximate surface area is 190 Å². The van der Waals surface area contributed by atoms with Crippen molar-refractivity contribution < 1.29 is 9.53 Å². The predicted molar refractivity (Wildman–Crippen MR) is 124 cm³/mol. The quantitative estimate of drug-likeness (QED) is 0.499. The fourth-order valence-corrected chi connectivity index (χ4v) is 4.99. The molecule has 1 fully saturated rings. The van der Waals surface area contributed by atoms with Crippen LogP contribution in [0.15, 0.2) is 42.5 Å². The second-order valence-electron chi connectivity index (χ2n) is 7.23. The topological polar surface area (TPSA) is 45.7 Å². The average Bonchev–Trinajstić information content (AvgIpc) is 3.16. The Bertz CT molecular complexity index is 1020. The molecular formula is C22H23Cl2N3O2S. The molecule has 0 bridgehead atoms. The number of carbonyl (C=O) groups is 1. The summed E-state index contributed by atoms with van der Waals surface area (Å²) in [7, 11) is 0. The zero-order chi connectivity index (χ0) is 20.9. The maximum Gasteiger partial charge on any atom is 0.233 e. The molecule has 0 unspecified atom stereocenters. The summed E-state index contributed by atoms with van der Waals surface area (Å²) >= 11 is 13.9. The van der Waals surface area contributed by atoms with Gasteiger partial charge in [-0.2, -0.15) is 0 Å². The number of hydrogen-bond acceptors (Lipinski definition) is 5. The van der Waals surface area contributed by atoms with Crippen molar-refractivity contribution in [2.24, 2.45) is 0 Å². The lowest BCUT2D eigenvalue weighted by Crippen LogP contribution is -2.39. The molecular weight excluding hydrogens is 441 g/mol. The molecule has 1 aromatic heterocycles. The minimum Gasteiger partial charge on any atom is -0.379 e. The number of carbonyl (C=O) groups excluding carboxylic acids is 1. The molecule has 0 spiro atoms. The van der Waals surface area contributed by atoms with E-state index in [1.807, 2.05) is 42.5 Å². The molecule has 0 aliphatic carbocycles. The van der Waals surface area contributed by atoms with Gasteiger partial charge < -0.3 is 4.74 Å². The fraction of sp³-hybridized carbons (Fsp3) is 0.364. The highest BCUT2D eigenvalue weighted by Crippen LogP contribution is 2.31. The van der Waals surface area contributed by atoms with Gasteiger partial charge in [-0.3, -0.25) is 14.6 Å². The summed E-state index contributed by atoms with van der Waals surface area (Å²) in [4.78, 5) is 22.1. The van der Waals surface area contributed by atoms with Crippen molar-refractivity contribution in [2.45, 2.75) is 12.8 Å². The number of morpholine rings is 1. The number of halogens is 2. The number of hydrogen-bond donors (Lipinski definition) is 0. The molecule has 2 heterocycles. The smallest absolute Gasteiger partial charge is 0.233 e. The standard InChI is InChI=1S/C22H23Cl2N3O2S/c23-17-6-7-19-20(15-17)30-22(25-19)27(9-3-8-26-10-12-29-13-11-26)21(28)14-16-4-1-2-5-18(16)24/h1-2,4-7,15H,3,8-14H2. The van der Waals surface area contributed by atoms with Crippen molar-refractivity contribution in [1.82, 2.24) is 9.88 Å². The van der Waals surface area contributed by atoms with E-state index in [1.54, 1.807) is 4.90 Å². The van der Waals surface area contributed by atoms with Crippen LogP contribution in [0.2, 0.25) is 10.0 Å². The van der Waals surface area contributed by atoms with Gasteiger partial charge in [-0.05, 0) is 36.2 Å². The second-order valence-corrected chi connectivity index (χ2v) is 9.08. The number of rotatable bonds is 7.